The van der Waals surface area contributed by atoms with E-state index in [4.69, 9.17) is 4.74 Å². The fourth-order valence-electron chi connectivity index (χ4n) is 2.84. The number of hydrazone groups is 1. The fraction of sp³-hybridized carbons (Fsp3) is 0.167. The molecule has 2 aromatic heterocycles. The van der Waals surface area contributed by atoms with Gasteiger partial charge < -0.3 is 4.74 Å². The highest BCUT2D eigenvalue weighted by atomic mass is 32.2. The molecule has 0 amide bonds. The Morgan fingerprint density at radius 1 is 1.19 bits per heavy atom. The van der Waals surface area contributed by atoms with E-state index >= 15 is 0 Å². The van der Waals surface area contributed by atoms with Gasteiger partial charge in [-0.05, 0) is 23.3 Å². The van der Waals surface area contributed by atoms with Crippen molar-refractivity contribution in [3.8, 4) is 5.88 Å². The Balaban J connectivity index is 1.54. The Hall–Kier alpha value is -3.20. The topological polar surface area (TPSA) is 101 Å². The van der Waals surface area contributed by atoms with Crippen molar-refractivity contribution in [3.63, 3.8) is 0 Å². The Morgan fingerprint density at radius 3 is 2.78 bits per heavy atom. The van der Waals surface area contributed by atoms with Gasteiger partial charge in [-0.25, -0.2) is 13.4 Å². The van der Waals surface area contributed by atoms with Crippen LogP contribution in [0.15, 0.2) is 63.8 Å². The first kappa shape index (κ1) is 17.2. The maximum atomic E-state index is 12.6. The number of ether oxygens (including phenoxy) is 1. The van der Waals surface area contributed by atoms with E-state index < -0.39 is 9.84 Å². The van der Waals surface area contributed by atoms with E-state index in [2.05, 4.69) is 20.3 Å². The van der Waals surface area contributed by atoms with Gasteiger partial charge in [0.25, 0.3) is 0 Å². The summed E-state index contributed by atoms with van der Waals surface area (Å²) in [4.78, 5) is 4.56. The molecular weight excluding hydrogens is 366 g/mol. The van der Waals surface area contributed by atoms with Crippen molar-refractivity contribution < 1.29 is 13.2 Å². The minimum Gasteiger partial charge on any atom is -0.481 e. The van der Waals surface area contributed by atoms with Crippen molar-refractivity contribution in [3.05, 3.63) is 65.6 Å². The summed E-state index contributed by atoms with van der Waals surface area (Å²) in [5.74, 6) is 0.567. The largest absolute Gasteiger partial charge is 0.481 e. The van der Waals surface area contributed by atoms with Crippen LogP contribution < -0.4 is 4.74 Å². The van der Waals surface area contributed by atoms with Crippen LogP contribution in [0.3, 0.4) is 0 Å². The van der Waals surface area contributed by atoms with Gasteiger partial charge in [0.2, 0.25) is 15.7 Å². The molecule has 0 unspecified atom stereocenters. The van der Waals surface area contributed by atoms with Gasteiger partial charge in [0, 0.05) is 24.0 Å². The molecule has 4 rings (SSSR count). The van der Waals surface area contributed by atoms with Gasteiger partial charge in [0.05, 0.1) is 37.5 Å². The predicted molar refractivity (Wildman–Crippen MR) is 98.1 cm³/mol. The lowest BCUT2D eigenvalue weighted by atomic mass is 10.1. The standard InChI is InChI=1S/C18H17N5O3S/c1-26-18-5-2-13(7-19-18)11-23-12-14-3-4-16(6-15(14)8-22-23)27(24,25)17-9-20-21-10-17/h2-10H,11-12H2,1H3,(H,20,21). The molecule has 1 aliphatic heterocycles. The first-order valence-electron chi connectivity index (χ1n) is 8.21. The number of rotatable bonds is 5. The van der Waals surface area contributed by atoms with Crippen LogP contribution in [0.2, 0.25) is 0 Å². The van der Waals surface area contributed by atoms with Gasteiger partial charge in [0.1, 0.15) is 4.90 Å². The molecule has 0 fully saturated rings. The molecule has 0 atom stereocenters. The minimum absolute atomic E-state index is 0.142. The number of aromatic nitrogens is 3. The maximum Gasteiger partial charge on any atom is 0.212 e. The summed E-state index contributed by atoms with van der Waals surface area (Å²) < 4.78 is 30.3. The van der Waals surface area contributed by atoms with E-state index in [-0.39, 0.29) is 9.79 Å². The van der Waals surface area contributed by atoms with Crippen LogP contribution in [0.4, 0.5) is 0 Å². The van der Waals surface area contributed by atoms with Crippen LogP contribution in [0.25, 0.3) is 0 Å². The van der Waals surface area contributed by atoms with E-state index in [9.17, 15) is 8.42 Å². The lowest BCUT2D eigenvalue weighted by Gasteiger charge is -2.24. The van der Waals surface area contributed by atoms with Gasteiger partial charge >= 0.3 is 0 Å². The van der Waals surface area contributed by atoms with Gasteiger partial charge in [0.15, 0.2) is 0 Å². The van der Waals surface area contributed by atoms with Crippen molar-refractivity contribution in [2.75, 3.05) is 7.11 Å². The Morgan fingerprint density at radius 2 is 2.07 bits per heavy atom. The number of nitrogens with zero attached hydrogens (tertiary/aromatic N) is 4. The second-order valence-electron chi connectivity index (χ2n) is 6.07. The third-order valence-corrected chi connectivity index (χ3v) is 6.01. The lowest BCUT2D eigenvalue weighted by Crippen LogP contribution is -2.21. The van der Waals surface area contributed by atoms with Crippen LogP contribution in [0.1, 0.15) is 16.7 Å². The van der Waals surface area contributed by atoms with Crippen molar-refractivity contribution in [1.82, 2.24) is 20.2 Å². The van der Waals surface area contributed by atoms with Gasteiger partial charge in [-0.15, -0.1) is 0 Å². The summed E-state index contributed by atoms with van der Waals surface area (Å²) in [6.07, 6.45) is 6.11. The molecule has 0 spiro atoms. The zero-order valence-electron chi connectivity index (χ0n) is 14.5. The van der Waals surface area contributed by atoms with E-state index in [1.165, 1.54) is 12.4 Å². The molecule has 3 heterocycles. The zero-order valence-corrected chi connectivity index (χ0v) is 15.3. The average Bonchev–Trinajstić information content (AvgIpc) is 3.24. The number of H-pyrrole nitrogens is 1. The minimum atomic E-state index is -3.59. The predicted octanol–water partition coefficient (Wildman–Crippen LogP) is 2.00. The Kier molecular flexibility index (Phi) is 4.36. The average molecular weight is 383 g/mol. The van der Waals surface area contributed by atoms with Crippen molar-refractivity contribution in [1.29, 1.82) is 0 Å². The van der Waals surface area contributed by atoms with Crippen molar-refractivity contribution in [2.24, 2.45) is 5.10 Å². The molecule has 1 aliphatic rings. The van der Waals surface area contributed by atoms with Gasteiger partial charge in [-0.1, -0.05) is 12.1 Å². The van der Waals surface area contributed by atoms with Crippen molar-refractivity contribution in [2.45, 2.75) is 22.9 Å². The quantitative estimate of drug-likeness (QED) is 0.723. The molecule has 0 bridgehead atoms. The van der Waals surface area contributed by atoms with Crippen LogP contribution in [0.5, 0.6) is 5.88 Å². The highest BCUT2D eigenvalue weighted by molar-refractivity contribution is 7.91. The van der Waals surface area contributed by atoms with Crippen LogP contribution in [0, 0.1) is 0 Å². The number of hydrogen-bond donors (Lipinski definition) is 1. The van der Waals surface area contributed by atoms with E-state index in [1.54, 1.807) is 31.7 Å². The smallest absolute Gasteiger partial charge is 0.212 e. The van der Waals surface area contributed by atoms with Gasteiger partial charge in [-0.2, -0.15) is 10.2 Å². The fourth-order valence-corrected chi connectivity index (χ4v) is 4.04. The third-order valence-electron chi connectivity index (χ3n) is 4.30. The Bertz CT molecular complexity index is 1080. The second kappa shape index (κ2) is 6.84. The molecule has 1 N–H and O–H groups in total. The molecule has 27 heavy (non-hydrogen) atoms. The molecule has 8 nitrogen and oxygen atoms in total. The number of benzene rings is 1. The molecule has 0 radical (unpaired) electrons. The van der Waals surface area contributed by atoms with Gasteiger partial charge in [-0.3, -0.25) is 10.1 Å². The normalized spacial score (nSPS) is 13.4. The second-order valence-corrected chi connectivity index (χ2v) is 8.02. The molecule has 9 heteroatoms. The highest BCUT2D eigenvalue weighted by Gasteiger charge is 2.21. The summed E-state index contributed by atoms with van der Waals surface area (Å²) >= 11 is 0. The molecule has 138 valence electrons. The van der Waals surface area contributed by atoms with E-state index in [0.29, 0.717) is 19.0 Å². The molecule has 0 saturated heterocycles. The summed E-state index contributed by atoms with van der Waals surface area (Å²) in [5, 5.41) is 12.6. The lowest BCUT2D eigenvalue weighted by molar-refractivity contribution is 0.267. The number of pyridine rings is 1. The SMILES string of the molecule is COc1ccc(CN2Cc3ccc(S(=O)(=O)c4cn[nH]c4)cc3C=N2)cn1. The van der Waals surface area contributed by atoms with Crippen molar-refractivity contribution >= 4 is 16.1 Å². The molecule has 0 saturated carbocycles. The first-order valence-corrected chi connectivity index (χ1v) is 9.69. The monoisotopic (exact) mass is 383 g/mol. The number of aromatic amines is 1. The number of fused-ring (bicyclic) bond motifs is 1. The highest BCUT2D eigenvalue weighted by Crippen LogP contribution is 2.25. The zero-order chi connectivity index (χ0) is 18.9. The van der Waals surface area contributed by atoms with Crippen LogP contribution >= 0.6 is 0 Å². The molecule has 1 aromatic carbocycles. The number of sulfone groups is 1. The number of methoxy groups -OCH3 is 1. The molecule has 3 aromatic rings. The molecular formula is C18H17N5O3S. The molecule has 0 aliphatic carbocycles. The summed E-state index contributed by atoms with van der Waals surface area (Å²) in [6.45, 7) is 1.19. The summed E-state index contributed by atoms with van der Waals surface area (Å²) in [6, 6.07) is 8.84. The van der Waals surface area contributed by atoms with E-state index in [1.807, 2.05) is 23.2 Å². The summed E-state index contributed by atoms with van der Waals surface area (Å²) in [7, 11) is -2.01. The third kappa shape index (κ3) is 3.41. The summed E-state index contributed by atoms with van der Waals surface area (Å²) in [5.41, 5.74) is 2.82. The first-order chi connectivity index (χ1) is 13.1. The van der Waals surface area contributed by atoms with Crippen LogP contribution in [-0.4, -0.2) is 41.9 Å². The number of hydrogen-bond acceptors (Lipinski definition) is 7. The number of nitrogens with one attached hydrogen (secondary N) is 1. The Labute approximate surface area is 156 Å². The maximum absolute atomic E-state index is 12.6. The van der Waals surface area contributed by atoms with E-state index in [0.717, 1.165) is 16.7 Å². The van der Waals surface area contributed by atoms with Crippen LogP contribution in [-0.2, 0) is 22.9 Å².